The topological polar surface area (TPSA) is 59.8 Å². The van der Waals surface area contributed by atoms with E-state index in [0.29, 0.717) is 10.6 Å². The number of hydrogen-bond acceptors (Lipinski definition) is 5. The summed E-state index contributed by atoms with van der Waals surface area (Å²) in [4.78, 5) is 12.8. The average Bonchev–Trinajstić information content (AvgIpc) is 2.87. The predicted molar refractivity (Wildman–Crippen MR) is 88.2 cm³/mol. The molecule has 0 aliphatic heterocycles. The Hall–Kier alpha value is -1.69. The van der Waals surface area contributed by atoms with E-state index >= 15 is 0 Å². The zero-order chi connectivity index (χ0) is 15.4. The number of unbranched alkanes of at least 4 members (excludes halogenated alkanes) is 1. The molecule has 6 heteroatoms. The fraction of sp³-hybridized carbons (Fsp3) is 0.533. The molecule has 0 bridgehead atoms. The Labute approximate surface area is 129 Å². The molecule has 0 aliphatic carbocycles. The summed E-state index contributed by atoms with van der Waals surface area (Å²) in [6.07, 6.45) is 2.07. The molecule has 5 nitrogen and oxygen atoms in total. The van der Waals surface area contributed by atoms with Crippen molar-refractivity contribution in [3.05, 3.63) is 27.7 Å². The van der Waals surface area contributed by atoms with Crippen molar-refractivity contribution >= 4 is 16.5 Å². The molecule has 0 atom stereocenters. The lowest BCUT2D eigenvalue weighted by Gasteiger charge is -2.12. The molecule has 2 aromatic rings. The van der Waals surface area contributed by atoms with E-state index in [1.54, 1.807) is 0 Å². The standard InChI is InChI=1S/C15H22N4OS/c1-5-7-8-19-11(4)9-10(3)12(14(19)20)13-17-18-15(21-13)16-6-2/h9H,5-8H2,1-4H3,(H,16,18). The minimum absolute atomic E-state index is 0.0418. The number of nitrogens with zero attached hydrogens (tertiary/aromatic N) is 3. The van der Waals surface area contributed by atoms with Crippen LogP contribution in [0.2, 0.25) is 0 Å². The Morgan fingerprint density at radius 1 is 1.29 bits per heavy atom. The van der Waals surface area contributed by atoms with Crippen LogP contribution in [-0.2, 0) is 6.54 Å². The summed E-state index contributed by atoms with van der Waals surface area (Å²) in [6, 6.07) is 2.06. The first-order chi connectivity index (χ1) is 10.1. The Bertz CT molecular complexity index is 675. The first kappa shape index (κ1) is 15.7. The highest BCUT2D eigenvalue weighted by molar-refractivity contribution is 7.18. The van der Waals surface area contributed by atoms with Gasteiger partial charge in [0.2, 0.25) is 5.13 Å². The SMILES string of the molecule is CCCCn1c(C)cc(C)c(-c2nnc(NCC)s2)c1=O. The summed E-state index contributed by atoms with van der Waals surface area (Å²) in [5.74, 6) is 0. The van der Waals surface area contributed by atoms with Crippen LogP contribution < -0.4 is 10.9 Å². The fourth-order valence-corrected chi connectivity index (χ4v) is 3.24. The normalized spacial score (nSPS) is 10.9. The molecule has 0 aromatic carbocycles. The van der Waals surface area contributed by atoms with Gasteiger partial charge < -0.3 is 9.88 Å². The first-order valence-electron chi connectivity index (χ1n) is 7.37. The lowest BCUT2D eigenvalue weighted by molar-refractivity contribution is 0.599. The van der Waals surface area contributed by atoms with Gasteiger partial charge in [0.25, 0.3) is 5.56 Å². The van der Waals surface area contributed by atoms with Crippen LogP contribution in [0.3, 0.4) is 0 Å². The van der Waals surface area contributed by atoms with Gasteiger partial charge in [-0.3, -0.25) is 4.79 Å². The molecule has 0 amide bonds. The number of aromatic nitrogens is 3. The molecule has 2 rings (SSSR count). The largest absolute Gasteiger partial charge is 0.360 e. The molecule has 2 heterocycles. The van der Waals surface area contributed by atoms with Gasteiger partial charge in [-0.25, -0.2) is 0 Å². The molecule has 1 N–H and O–H groups in total. The van der Waals surface area contributed by atoms with Crippen LogP contribution >= 0.6 is 11.3 Å². The molecule has 114 valence electrons. The summed E-state index contributed by atoms with van der Waals surface area (Å²) < 4.78 is 1.85. The second kappa shape index (κ2) is 6.85. The van der Waals surface area contributed by atoms with Crippen LogP contribution in [0, 0.1) is 13.8 Å². The van der Waals surface area contributed by atoms with Crippen LogP contribution in [0.15, 0.2) is 10.9 Å². The Morgan fingerprint density at radius 3 is 2.71 bits per heavy atom. The highest BCUT2D eigenvalue weighted by Crippen LogP contribution is 2.26. The van der Waals surface area contributed by atoms with Gasteiger partial charge in [-0.2, -0.15) is 0 Å². The number of hydrogen-bond donors (Lipinski definition) is 1. The van der Waals surface area contributed by atoms with Crippen molar-refractivity contribution in [2.45, 2.75) is 47.1 Å². The van der Waals surface area contributed by atoms with E-state index in [4.69, 9.17) is 0 Å². The van der Waals surface area contributed by atoms with Gasteiger partial charge in [0.1, 0.15) is 0 Å². The molecule has 0 aliphatic rings. The lowest BCUT2D eigenvalue weighted by Crippen LogP contribution is -2.25. The molecule has 0 fully saturated rings. The minimum Gasteiger partial charge on any atom is -0.360 e. The van der Waals surface area contributed by atoms with Gasteiger partial charge in [0, 0.05) is 18.8 Å². The van der Waals surface area contributed by atoms with Crippen molar-refractivity contribution in [2.24, 2.45) is 0 Å². The van der Waals surface area contributed by atoms with Crippen molar-refractivity contribution in [3.63, 3.8) is 0 Å². The van der Waals surface area contributed by atoms with E-state index in [-0.39, 0.29) is 5.56 Å². The van der Waals surface area contributed by atoms with E-state index in [1.807, 2.05) is 25.3 Å². The summed E-state index contributed by atoms with van der Waals surface area (Å²) >= 11 is 1.43. The van der Waals surface area contributed by atoms with E-state index in [0.717, 1.165) is 42.3 Å². The van der Waals surface area contributed by atoms with Crippen LogP contribution in [0.4, 0.5) is 5.13 Å². The Morgan fingerprint density at radius 2 is 2.05 bits per heavy atom. The third kappa shape index (κ3) is 3.32. The highest BCUT2D eigenvalue weighted by Gasteiger charge is 2.16. The van der Waals surface area contributed by atoms with Gasteiger partial charge in [-0.05, 0) is 38.8 Å². The quantitative estimate of drug-likeness (QED) is 0.890. The number of nitrogens with one attached hydrogen (secondary N) is 1. The summed E-state index contributed by atoms with van der Waals surface area (Å²) in [6.45, 7) is 9.63. The maximum absolute atomic E-state index is 12.8. The number of aryl methyl sites for hydroxylation is 2. The summed E-state index contributed by atoms with van der Waals surface area (Å²) in [5, 5.41) is 12.8. The van der Waals surface area contributed by atoms with E-state index < -0.39 is 0 Å². The zero-order valence-corrected chi connectivity index (χ0v) is 13.9. The van der Waals surface area contributed by atoms with Crippen molar-refractivity contribution in [1.82, 2.24) is 14.8 Å². The lowest BCUT2D eigenvalue weighted by atomic mass is 10.1. The van der Waals surface area contributed by atoms with Crippen molar-refractivity contribution in [1.29, 1.82) is 0 Å². The molecule has 0 saturated carbocycles. The highest BCUT2D eigenvalue weighted by atomic mass is 32.1. The maximum atomic E-state index is 12.8. The van der Waals surface area contributed by atoms with Crippen molar-refractivity contribution in [2.75, 3.05) is 11.9 Å². The third-order valence-corrected chi connectivity index (χ3v) is 4.31. The Kier molecular flexibility index (Phi) is 5.12. The second-order valence-electron chi connectivity index (χ2n) is 5.10. The summed E-state index contributed by atoms with van der Waals surface area (Å²) in [5.41, 5.74) is 2.69. The van der Waals surface area contributed by atoms with Gasteiger partial charge >= 0.3 is 0 Å². The van der Waals surface area contributed by atoms with Crippen molar-refractivity contribution < 1.29 is 0 Å². The first-order valence-corrected chi connectivity index (χ1v) is 8.18. The van der Waals surface area contributed by atoms with Crippen LogP contribution in [0.25, 0.3) is 10.6 Å². The smallest absolute Gasteiger partial charge is 0.261 e. The van der Waals surface area contributed by atoms with Gasteiger partial charge in [-0.15, -0.1) is 10.2 Å². The molecule has 0 radical (unpaired) electrons. The molecule has 0 spiro atoms. The van der Waals surface area contributed by atoms with Crippen LogP contribution in [-0.4, -0.2) is 21.3 Å². The molecule has 0 unspecified atom stereocenters. The van der Waals surface area contributed by atoms with Crippen LogP contribution in [0.5, 0.6) is 0 Å². The van der Waals surface area contributed by atoms with Gasteiger partial charge in [0.15, 0.2) is 5.01 Å². The second-order valence-corrected chi connectivity index (χ2v) is 6.07. The van der Waals surface area contributed by atoms with Gasteiger partial charge in [0.05, 0.1) is 5.56 Å². The van der Waals surface area contributed by atoms with E-state index in [2.05, 4.69) is 28.5 Å². The monoisotopic (exact) mass is 306 g/mol. The number of pyridine rings is 1. The number of rotatable bonds is 6. The molecular weight excluding hydrogens is 284 g/mol. The fourth-order valence-electron chi connectivity index (χ4n) is 2.33. The van der Waals surface area contributed by atoms with Gasteiger partial charge in [-0.1, -0.05) is 24.7 Å². The van der Waals surface area contributed by atoms with E-state index in [9.17, 15) is 4.79 Å². The average molecular weight is 306 g/mol. The predicted octanol–water partition coefficient (Wildman–Crippen LogP) is 3.22. The Balaban J connectivity index is 2.49. The third-order valence-electron chi connectivity index (χ3n) is 3.41. The van der Waals surface area contributed by atoms with Crippen LogP contribution in [0.1, 0.15) is 37.9 Å². The molecule has 0 saturated heterocycles. The maximum Gasteiger partial charge on any atom is 0.261 e. The van der Waals surface area contributed by atoms with E-state index in [1.165, 1.54) is 11.3 Å². The zero-order valence-electron chi connectivity index (χ0n) is 13.1. The molecule has 21 heavy (non-hydrogen) atoms. The minimum atomic E-state index is 0.0418. The summed E-state index contributed by atoms with van der Waals surface area (Å²) in [7, 11) is 0. The molecular formula is C15H22N4OS. The number of anilines is 1. The molecule has 2 aromatic heterocycles. The van der Waals surface area contributed by atoms with Crippen molar-refractivity contribution in [3.8, 4) is 10.6 Å².